The van der Waals surface area contributed by atoms with Crippen LogP contribution in [0, 0.1) is 17.6 Å². The summed E-state index contributed by atoms with van der Waals surface area (Å²) in [5, 5.41) is 12.1. The molecule has 178 valence electrons. The van der Waals surface area contributed by atoms with Gasteiger partial charge >= 0.3 is 18.2 Å². The monoisotopic (exact) mass is 472 g/mol. The minimum Gasteiger partial charge on any atom is -0.431 e. The number of halogens is 4. The van der Waals surface area contributed by atoms with Crippen molar-refractivity contribution in [3.8, 4) is 5.75 Å². The van der Waals surface area contributed by atoms with Crippen LogP contribution in [0.3, 0.4) is 0 Å². The van der Waals surface area contributed by atoms with Crippen molar-refractivity contribution in [2.45, 2.75) is 45.0 Å². The summed E-state index contributed by atoms with van der Waals surface area (Å²) in [5.41, 5.74) is 3.81. The van der Waals surface area contributed by atoms with Gasteiger partial charge in [0.2, 0.25) is 12.0 Å². The summed E-state index contributed by atoms with van der Waals surface area (Å²) in [4.78, 5) is 24.5. The quantitative estimate of drug-likeness (QED) is 0.340. The third kappa shape index (κ3) is 4.70. The van der Waals surface area contributed by atoms with Crippen molar-refractivity contribution in [1.29, 1.82) is 0 Å². The first-order valence-corrected chi connectivity index (χ1v) is 9.79. The zero-order chi connectivity index (χ0) is 24.7. The van der Waals surface area contributed by atoms with Gasteiger partial charge in [0.15, 0.2) is 11.6 Å². The third-order valence-electron chi connectivity index (χ3n) is 5.75. The van der Waals surface area contributed by atoms with Crippen LogP contribution in [0.4, 0.5) is 23.2 Å². The first-order valence-electron chi connectivity index (χ1n) is 9.79. The van der Waals surface area contributed by atoms with E-state index >= 15 is 0 Å². The summed E-state index contributed by atoms with van der Waals surface area (Å²) >= 11 is 0. The molecule has 1 aliphatic rings. The molecule has 1 aromatic carbocycles. The van der Waals surface area contributed by atoms with Gasteiger partial charge in [-0.05, 0) is 25.8 Å². The molecule has 1 aromatic heterocycles. The highest BCUT2D eigenvalue weighted by molar-refractivity contribution is 5.97. The van der Waals surface area contributed by atoms with Gasteiger partial charge in [0.25, 0.3) is 5.91 Å². The highest BCUT2D eigenvalue weighted by Crippen LogP contribution is 2.49. The molecular weight excluding hydrogens is 450 g/mol. The molecule has 0 spiro atoms. The average Bonchev–Trinajstić information content (AvgIpc) is 2.96. The number of hydrogen-bond donors (Lipinski definition) is 3. The van der Waals surface area contributed by atoms with Gasteiger partial charge in [-0.15, -0.1) is 0 Å². The number of primary amides is 1. The van der Waals surface area contributed by atoms with E-state index in [1.165, 1.54) is 6.07 Å². The fourth-order valence-electron chi connectivity index (χ4n) is 3.84. The van der Waals surface area contributed by atoms with Crippen molar-refractivity contribution in [3.05, 3.63) is 53.4 Å². The molecule has 0 aliphatic carbocycles. The maximum Gasteiger partial charge on any atom is 0.387 e. The van der Waals surface area contributed by atoms with Crippen molar-refractivity contribution in [2.75, 3.05) is 5.32 Å². The van der Waals surface area contributed by atoms with Gasteiger partial charge in [-0.1, -0.05) is 13.0 Å². The van der Waals surface area contributed by atoms with E-state index < -0.39 is 59.4 Å². The van der Waals surface area contributed by atoms with E-state index in [2.05, 4.69) is 10.1 Å². The van der Waals surface area contributed by atoms with Gasteiger partial charge in [-0.2, -0.15) is 13.2 Å². The maximum absolute atomic E-state index is 14.4. The number of ether oxygens (including phenoxy) is 2. The number of anilines is 1. The Morgan fingerprint density at radius 2 is 1.94 bits per heavy atom. The molecular formula is C21H22F4N3O5+. The summed E-state index contributed by atoms with van der Waals surface area (Å²) in [6.07, 6.45) is -0.252. The topological polar surface area (TPSA) is 115 Å². The number of hydrogen-bond acceptors (Lipinski definition) is 5. The molecule has 3 atom stereocenters. The van der Waals surface area contributed by atoms with E-state index in [1.807, 2.05) is 0 Å². The molecule has 1 aliphatic heterocycles. The van der Waals surface area contributed by atoms with E-state index in [9.17, 15) is 32.4 Å². The molecule has 3 rings (SSSR count). The van der Waals surface area contributed by atoms with E-state index in [-0.39, 0.29) is 16.9 Å². The summed E-state index contributed by atoms with van der Waals surface area (Å²) in [6.45, 7) is 1.56. The van der Waals surface area contributed by atoms with Crippen LogP contribution in [-0.4, -0.2) is 35.3 Å². The number of benzene rings is 1. The van der Waals surface area contributed by atoms with Gasteiger partial charge in [-0.25, -0.2) is 4.39 Å². The molecule has 2 heterocycles. The number of rotatable bonds is 6. The fraction of sp³-hybridized carbons (Fsp3) is 0.381. The summed E-state index contributed by atoms with van der Waals surface area (Å²) in [5.74, 6) is -7.23. The summed E-state index contributed by atoms with van der Waals surface area (Å²) < 4.78 is 64.6. The van der Waals surface area contributed by atoms with E-state index in [4.69, 9.17) is 10.5 Å². The first kappa shape index (κ1) is 24.2. The molecule has 2 aromatic rings. The molecule has 0 radical (unpaired) electrons. The lowest BCUT2D eigenvalue weighted by atomic mass is 9.78. The van der Waals surface area contributed by atoms with Crippen molar-refractivity contribution in [3.63, 3.8) is 0 Å². The molecule has 0 saturated carbocycles. The Labute approximate surface area is 185 Å². The summed E-state index contributed by atoms with van der Waals surface area (Å²) in [6, 6.07) is 4.21. The van der Waals surface area contributed by atoms with Crippen LogP contribution in [-0.2, 0) is 9.53 Å². The van der Waals surface area contributed by atoms with Crippen LogP contribution in [0.2, 0.25) is 0 Å². The number of amides is 2. The molecule has 12 heteroatoms. The zero-order valence-corrected chi connectivity index (χ0v) is 17.8. The minimum absolute atomic E-state index is 0.0770. The first-order chi connectivity index (χ1) is 15.3. The van der Waals surface area contributed by atoms with Crippen LogP contribution in [0.25, 0.3) is 0 Å². The Morgan fingerprint density at radius 3 is 2.55 bits per heavy atom. The second-order valence-corrected chi connectivity index (χ2v) is 8.11. The van der Waals surface area contributed by atoms with E-state index in [0.29, 0.717) is 4.73 Å². The largest absolute Gasteiger partial charge is 0.431 e. The Bertz CT molecular complexity index is 1100. The molecule has 33 heavy (non-hydrogen) atoms. The fourth-order valence-corrected chi connectivity index (χ4v) is 3.84. The second kappa shape index (κ2) is 8.85. The third-order valence-corrected chi connectivity index (χ3v) is 5.75. The molecule has 8 nitrogen and oxygen atoms in total. The molecule has 4 N–H and O–H groups in total. The van der Waals surface area contributed by atoms with Gasteiger partial charge in [0.05, 0.1) is 11.3 Å². The Hall–Kier alpha value is -3.41. The van der Waals surface area contributed by atoms with Crippen LogP contribution >= 0.6 is 0 Å². The van der Waals surface area contributed by atoms with Gasteiger partial charge in [0, 0.05) is 28.3 Å². The lowest BCUT2D eigenvalue weighted by Crippen LogP contribution is -2.40. The average molecular weight is 472 g/mol. The summed E-state index contributed by atoms with van der Waals surface area (Å²) in [7, 11) is 0. The van der Waals surface area contributed by atoms with Gasteiger partial charge in [-0.3, -0.25) is 14.8 Å². The molecule has 1 fully saturated rings. The number of nitrogens with zero attached hydrogens (tertiary/aromatic N) is 1. The van der Waals surface area contributed by atoms with Crippen LogP contribution in [0.5, 0.6) is 5.75 Å². The normalized spacial score (nSPS) is 21.8. The highest BCUT2D eigenvalue weighted by Gasteiger charge is 2.52. The number of carbonyl (C=O) groups excluding carboxylic acids is 2. The molecule has 1 saturated heterocycles. The van der Waals surface area contributed by atoms with Crippen LogP contribution in [0.15, 0.2) is 30.5 Å². The van der Waals surface area contributed by atoms with Crippen molar-refractivity contribution < 1.29 is 46.6 Å². The van der Waals surface area contributed by atoms with Crippen LogP contribution in [0.1, 0.15) is 42.7 Å². The van der Waals surface area contributed by atoms with E-state index in [1.54, 1.807) is 20.8 Å². The smallest absolute Gasteiger partial charge is 0.387 e. The minimum atomic E-state index is -3.43. The number of aromatic nitrogens is 1. The SMILES string of the molecule is C[C@H]1[C@@H](c2ccc(F)c(F)c2OC(F)F)[C@H](C(=O)Nc2cc[n+](O)c(C(N)=O)c2)OC1(C)C. The lowest BCUT2D eigenvalue weighted by molar-refractivity contribution is -0.905. The number of carbonyl (C=O) groups is 2. The molecule has 2 amide bonds. The molecule has 0 bridgehead atoms. The van der Waals surface area contributed by atoms with E-state index in [0.717, 1.165) is 24.4 Å². The predicted octanol–water partition coefficient (Wildman–Crippen LogP) is 2.73. The van der Waals surface area contributed by atoms with Gasteiger partial charge < -0.3 is 20.5 Å². The predicted molar refractivity (Wildman–Crippen MR) is 105 cm³/mol. The Morgan fingerprint density at radius 1 is 1.27 bits per heavy atom. The second-order valence-electron chi connectivity index (χ2n) is 8.11. The highest BCUT2D eigenvalue weighted by atomic mass is 19.3. The van der Waals surface area contributed by atoms with Crippen molar-refractivity contribution >= 4 is 17.5 Å². The Kier molecular flexibility index (Phi) is 6.50. The zero-order valence-electron chi connectivity index (χ0n) is 17.8. The number of alkyl halides is 2. The van der Waals surface area contributed by atoms with Gasteiger partial charge in [0.1, 0.15) is 6.10 Å². The Balaban J connectivity index is 2.02. The lowest BCUT2D eigenvalue weighted by Gasteiger charge is -2.26. The molecule has 0 unspecified atom stereocenters. The number of pyridine rings is 1. The maximum atomic E-state index is 14.4. The standard InChI is InChI=1S/C21H21F4N3O5/c1-9-14(11-4-5-12(22)15(23)16(11)32-20(24)25)17(33-21(9,2)3)19(30)27-10-6-7-28(31)13(8-10)18(26)29/h4-9,14,17,20,31H,1-3H3,(H2,26,29)/p+1/t9-,14-,17+/m0/s1. The van der Waals surface area contributed by atoms with Crippen LogP contribution < -0.4 is 20.5 Å². The number of nitrogens with two attached hydrogens (primary N) is 1. The number of nitrogens with one attached hydrogen (secondary N) is 1. The van der Waals surface area contributed by atoms with Crippen molar-refractivity contribution in [1.82, 2.24) is 0 Å². The van der Waals surface area contributed by atoms with Crippen molar-refractivity contribution in [2.24, 2.45) is 11.7 Å².